The van der Waals surface area contributed by atoms with Crippen LogP contribution in [0.5, 0.6) is 5.75 Å². The lowest BCUT2D eigenvalue weighted by Crippen LogP contribution is -2.38. The normalized spacial score (nSPS) is 20.7. The van der Waals surface area contributed by atoms with E-state index in [1.807, 2.05) is 18.2 Å². The van der Waals surface area contributed by atoms with E-state index in [9.17, 15) is 18.0 Å². The Morgan fingerprint density at radius 1 is 1.16 bits per heavy atom. The summed E-state index contributed by atoms with van der Waals surface area (Å²) in [5.74, 6) is -0.526. The Balaban J connectivity index is 1.37. The van der Waals surface area contributed by atoms with Crippen molar-refractivity contribution < 1.29 is 27.5 Å². The number of hydrogen-bond acceptors (Lipinski definition) is 6. The lowest BCUT2D eigenvalue weighted by Gasteiger charge is -2.11. The third-order valence-electron chi connectivity index (χ3n) is 4.39. The first kappa shape index (κ1) is 17.7. The molecule has 1 saturated heterocycles. The van der Waals surface area contributed by atoms with Crippen LogP contribution in [-0.4, -0.2) is 51.1 Å². The molecule has 1 aromatic carbocycles. The monoisotopic (exact) mass is 367 g/mol. The maximum Gasteiger partial charge on any atom is 0.344 e. The molecule has 1 unspecified atom stereocenters. The Bertz CT molecular complexity index is 773. The number of aryl methyl sites for hydroxylation is 2. The number of rotatable bonds is 6. The Kier molecular flexibility index (Phi) is 5.27. The highest BCUT2D eigenvalue weighted by Gasteiger charge is 2.29. The van der Waals surface area contributed by atoms with Crippen molar-refractivity contribution in [1.29, 1.82) is 0 Å². The van der Waals surface area contributed by atoms with Crippen LogP contribution in [0.25, 0.3) is 0 Å². The van der Waals surface area contributed by atoms with E-state index in [0.717, 1.165) is 19.3 Å². The molecule has 1 heterocycles. The molecule has 0 aromatic heterocycles. The Labute approximate surface area is 146 Å². The largest absolute Gasteiger partial charge is 0.482 e. The summed E-state index contributed by atoms with van der Waals surface area (Å²) in [7, 11) is -3.06. The molecule has 1 aromatic rings. The van der Waals surface area contributed by atoms with E-state index in [2.05, 4.69) is 5.32 Å². The lowest BCUT2D eigenvalue weighted by molar-refractivity contribution is -0.150. The van der Waals surface area contributed by atoms with E-state index >= 15 is 0 Å². The second kappa shape index (κ2) is 7.43. The molecule has 25 heavy (non-hydrogen) atoms. The first-order valence-corrected chi connectivity index (χ1v) is 10.1. The summed E-state index contributed by atoms with van der Waals surface area (Å²) < 4.78 is 32.9. The molecule has 0 bridgehead atoms. The highest BCUT2D eigenvalue weighted by Crippen LogP contribution is 2.25. The molecule has 136 valence electrons. The van der Waals surface area contributed by atoms with Crippen LogP contribution >= 0.6 is 0 Å². The number of sulfone groups is 1. The summed E-state index contributed by atoms with van der Waals surface area (Å²) in [6, 6.07) is 5.36. The predicted molar refractivity (Wildman–Crippen MR) is 90.1 cm³/mol. The van der Waals surface area contributed by atoms with Crippen molar-refractivity contribution in [2.75, 3.05) is 24.7 Å². The fourth-order valence-electron chi connectivity index (χ4n) is 3.15. The SMILES string of the molecule is O=C(COC(=O)COc1ccc2c(c1)CCC2)NC1CCS(=O)(=O)C1. The second-order valence-electron chi connectivity index (χ2n) is 6.40. The molecule has 8 heteroatoms. The summed E-state index contributed by atoms with van der Waals surface area (Å²) in [6.45, 7) is -0.715. The number of hydrogen-bond donors (Lipinski definition) is 1. The summed E-state index contributed by atoms with van der Waals surface area (Å²) in [6.07, 6.45) is 3.63. The number of esters is 1. The minimum Gasteiger partial charge on any atom is -0.482 e. The van der Waals surface area contributed by atoms with Crippen molar-refractivity contribution in [2.45, 2.75) is 31.7 Å². The Morgan fingerprint density at radius 3 is 2.72 bits per heavy atom. The molecule has 1 N–H and O–H groups in total. The number of benzene rings is 1. The molecule has 3 rings (SSSR count). The fourth-order valence-corrected chi connectivity index (χ4v) is 4.82. The van der Waals surface area contributed by atoms with Gasteiger partial charge in [-0.2, -0.15) is 0 Å². The van der Waals surface area contributed by atoms with Crippen LogP contribution in [0.3, 0.4) is 0 Å². The van der Waals surface area contributed by atoms with Gasteiger partial charge in [-0.15, -0.1) is 0 Å². The van der Waals surface area contributed by atoms with Crippen LogP contribution in [0.2, 0.25) is 0 Å². The van der Waals surface area contributed by atoms with E-state index in [1.165, 1.54) is 11.1 Å². The van der Waals surface area contributed by atoms with Gasteiger partial charge in [-0.25, -0.2) is 13.2 Å². The first-order chi connectivity index (χ1) is 11.9. The van der Waals surface area contributed by atoms with Crippen LogP contribution in [-0.2, 0) is 37.0 Å². The van der Waals surface area contributed by atoms with Gasteiger partial charge in [-0.05, 0) is 48.9 Å². The van der Waals surface area contributed by atoms with Gasteiger partial charge in [0.05, 0.1) is 11.5 Å². The van der Waals surface area contributed by atoms with E-state index in [0.29, 0.717) is 12.2 Å². The van der Waals surface area contributed by atoms with Crippen molar-refractivity contribution in [3.8, 4) is 5.75 Å². The maximum absolute atomic E-state index is 11.7. The maximum atomic E-state index is 11.7. The molecule has 1 atom stereocenters. The zero-order valence-electron chi connectivity index (χ0n) is 13.8. The number of ether oxygens (including phenoxy) is 2. The second-order valence-corrected chi connectivity index (χ2v) is 8.63. The molecule has 7 nitrogen and oxygen atoms in total. The number of carbonyl (C=O) groups excluding carboxylic acids is 2. The van der Waals surface area contributed by atoms with Gasteiger partial charge < -0.3 is 14.8 Å². The van der Waals surface area contributed by atoms with E-state index in [-0.39, 0.29) is 18.1 Å². The Hall–Kier alpha value is -2.09. The number of nitrogens with one attached hydrogen (secondary N) is 1. The summed E-state index contributed by atoms with van der Waals surface area (Å²) in [5, 5.41) is 2.56. The van der Waals surface area contributed by atoms with Gasteiger partial charge in [0.15, 0.2) is 23.1 Å². The molecule has 2 aliphatic rings. The van der Waals surface area contributed by atoms with Crippen LogP contribution in [0, 0.1) is 0 Å². The van der Waals surface area contributed by atoms with Crippen LogP contribution in [0.15, 0.2) is 18.2 Å². The number of carbonyl (C=O) groups is 2. The minimum atomic E-state index is -3.06. The van der Waals surface area contributed by atoms with Gasteiger partial charge in [0, 0.05) is 6.04 Å². The van der Waals surface area contributed by atoms with Crippen LogP contribution in [0.4, 0.5) is 0 Å². The molecule has 1 fully saturated rings. The smallest absolute Gasteiger partial charge is 0.344 e. The third kappa shape index (κ3) is 4.94. The Morgan fingerprint density at radius 2 is 1.96 bits per heavy atom. The van der Waals surface area contributed by atoms with Crippen molar-refractivity contribution in [1.82, 2.24) is 5.32 Å². The van der Waals surface area contributed by atoms with Gasteiger partial charge in [-0.1, -0.05) is 6.07 Å². The third-order valence-corrected chi connectivity index (χ3v) is 6.16. The molecule has 1 aliphatic carbocycles. The average Bonchev–Trinajstić information content (AvgIpc) is 3.16. The molecule has 0 radical (unpaired) electrons. The quantitative estimate of drug-likeness (QED) is 0.731. The summed E-state index contributed by atoms with van der Waals surface area (Å²) in [4.78, 5) is 23.4. The van der Waals surface area contributed by atoms with Gasteiger partial charge in [0.25, 0.3) is 5.91 Å². The average molecular weight is 367 g/mol. The summed E-state index contributed by atoms with van der Waals surface area (Å²) in [5.41, 5.74) is 2.57. The molecule has 0 spiro atoms. The van der Waals surface area contributed by atoms with Gasteiger partial charge in [0.2, 0.25) is 0 Å². The standard InChI is InChI=1S/C17H21NO6S/c19-16(18-14-6-7-25(21,22)11-14)9-24-17(20)10-23-15-5-4-12-2-1-3-13(12)8-15/h4-5,8,14H,1-3,6-7,9-11H2,(H,18,19). The highest BCUT2D eigenvalue weighted by molar-refractivity contribution is 7.91. The predicted octanol–water partition coefficient (Wildman–Crippen LogP) is 0.401. The van der Waals surface area contributed by atoms with E-state index in [1.54, 1.807) is 0 Å². The van der Waals surface area contributed by atoms with Crippen molar-refractivity contribution in [3.05, 3.63) is 29.3 Å². The van der Waals surface area contributed by atoms with Crippen molar-refractivity contribution >= 4 is 21.7 Å². The zero-order chi connectivity index (χ0) is 17.9. The van der Waals surface area contributed by atoms with E-state index < -0.39 is 34.4 Å². The van der Waals surface area contributed by atoms with E-state index in [4.69, 9.17) is 9.47 Å². The van der Waals surface area contributed by atoms with Crippen molar-refractivity contribution in [2.24, 2.45) is 0 Å². The fraction of sp³-hybridized carbons (Fsp3) is 0.529. The van der Waals surface area contributed by atoms with Gasteiger partial charge >= 0.3 is 5.97 Å². The van der Waals surface area contributed by atoms with Crippen LogP contribution in [0.1, 0.15) is 24.0 Å². The lowest BCUT2D eigenvalue weighted by atomic mass is 10.1. The number of amides is 1. The molecular formula is C17H21NO6S. The molecule has 0 saturated carbocycles. The molecule has 1 aliphatic heterocycles. The summed E-state index contributed by atoms with van der Waals surface area (Å²) >= 11 is 0. The topological polar surface area (TPSA) is 98.8 Å². The minimum absolute atomic E-state index is 0.0614. The van der Waals surface area contributed by atoms with Gasteiger partial charge in [0.1, 0.15) is 5.75 Å². The number of fused-ring (bicyclic) bond motifs is 1. The van der Waals surface area contributed by atoms with Gasteiger partial charge in [-0.3, -0.25) is 4.79 Å². The highest BCUT2D eigenvalue weighted by atomic mass is 32.2. The first-order valence-electron chi connectivity index (χ1n) is 8.31. The zero-order valence-corrected chi connectivity index (χ0v) is 14.6. The molecule has 1 amide bonds. The van der Waals surface area contributed by atoms with Crippen molar-refractivity contribution in [3.63, 3.8) is 0 Å². The van der Waals surface area contributed by atoms with Crippen LogP contribution < -0.4 is 10.1 Å². The molecular weight excluding hydrogens is 346 g/mol.